The number of amides is 2. The number of hydrogen-bond donors (Lipinski definition) is 1. The van der Waals surface area contributed by atoms with Crippen LogP contribution in [0.25, 0.3) is 22.0 Å². The summed E-state index contributed by atoms with van der Waals surface area (Å²) in [4.78, 5) is 33.4. The maximum Gasteiger partial charge on any atom is 0.407 e. The molecule has 1 saturated heterocycles. The second kappa shape index (κ2) is 8.02. The monoisotopic (exact) mass is 484 g/mol. The van der Waals surface area contributed by atoms with Gasteiger partial charge in [-0.2, -0.15) is 0 Å². The molecule has 2 aromatic carbocycles. The van der Waals surface area contributed by atoms with E-state index in [2.05, 4.69) is 4.98 Å². The molecule has 1 aromatic heterocycles. The van der Waals surface area contributed by atoms with Gasteiger partial charge in [0.25, 0.3) is 5.91 Å². The second-order valence-corrected chi connectivity index (χ2v) is 8.83. The van der Waals surface area contributed by atoms with Crippen molar-refractivity contribution < 1.29 is 23.8 Å². The van der Waals surface area contributed by atoms with Crippen LogP contribution in [0, 0.1) is 12.7 Å². The highest BCUT2D eigenvalue weighted by atomic mass is 35.5. The molecule has 34 heavy (non-hydrogen) atoms. The molecule has 1 N–H and O–H groups in total. The van der Waals surface area contributed by atoms with Gasteiger partial charge in [0.15, 0.2) is 5.82 Å². The number of methoxy groups -OCH3 is 1. The highest BCUT2D eigenvalue weighted by Crippen LogP contribution is 2.47. The predicted octanol–water partition coefficient (Wildman–Crippen LogP) is 4.16. The van der Waals surface area contributed by atoms with Gasteiger partial charge in [-0.1, -0.05) is 23.7 Å². The maximum atomic E-state index is 16.1. The van der Waals surface area contributed by atoms with Crippen molar-refractivity contribution in [2.75, 3.05) is 43.6 Å². The number of pyridine rings is 1. The third-order valence-corrected chi connectivity index (χ3v) is 6.92. The van der Waals surface area contributed by atoms with E-state index >= 15 is 4.39 Å². The smallest absolute Gasteiger partial charge is 0.407 e. The Balaban J connectivity index is 1.74. The van der Waals surface area contributed by atoms with Gasteiger partial charge in [-0.05, 0) is 24.6 Å². The van der Waals surface area contributed by atoms with Crippen LogP contribution in [-0.4, -0.2) is 66.8 Å². The third kappa shape index (κ3) is 3.14. The van der Waals surface area contributed by atoms with Gasteiger partial charge in [-0.15, -0.1) is 0 Å². The van der Waals surface area contributed by atoms with Crippen LogP contribution in [0.3, 0.4) is 0 Å². The Morgan fingerprint density at radius 1 is 1.29 bits per heavy atom. The average molecular weight is 485 g/mol. The van der Waals surface area contributed by atoms with E-state index in [1.165, 1.54) is 23.1 Å². The van der Waals surface area contributed by atoms with Crippen LogP contribution in [0.15, 0.2) is 30.5 Å². The Morgan fingerprint density at radius 3 is 2.76 bits per heavy atom. The maximum absolute atomic E-state index is 16.1. The summed E-state index contributed by atoms with van der Waals surface area (Å²) in [5.41, 5.74) is 2.80. The molecule has 3 aromatic rings. The molecule has 2 aliphatic heterocycles. The number of nitrogens with zero attached hydrogens (tertiary/aromatic N) is 4. The molecule has 0 spiro atoms. The number of carbonyl (C=O) groups is 2. The van der Waals surface area contributed by atoms with Crippen molar-refractivity contribution in [3.8, 4) is 16.9 Å². The lowest BCUT2D eigenvalue weighted by Crippen LogP contribution is -2.62. The molecule has 5 rings (SSSR count). The zero-order valence-electron chi connectivity index (χ0n) is 18.8. The third-order valence-electron chi connectivity index (χ3n) is 6.63. The summed E-state index contributed by atoms with van der Waals surface area (Å²) in [7, 11) is 3.12. The van der Waals surface area contributed by atoms with E-state index in [-0.39, 0.29) is 41.6 Å². The van der Waals surface area contributed by atoms with Crippen molar-refractivity contribution >= 4 is 45.9 Å². The molecule has 8 nitrogen and oxygen atoms in total. The largest absolute Gasteiger partial charge is 0.496 e. The van der Waals surface area contributed by atoms with Gasteiger partial charge in [0.1, 0.15) is 17.3 Å². The molecule has 10 heteroatoms. The topological polar surface area (TPSA) is 86.2 Å². The highest BCUT2D eigenvalue weighted by molar-refractivity contribution is 6.35. The van der Waals surface area contributed by atoms with Gasteiger partial charge < -0.3 is 24.5 Å². The number of aryl methyl sites for hydroxylation is 1. The van der Waals surface area contributed by atoms with Crippen molar-refractivity contribution in [3.63, 3.8) is 0 Å². The molecule has 176 valence electrons. The molecular formula is C24H22ClFN4O4. The SMILES string of the molecule is COc1cccc(C)c1-c1c(Cl)cc2c3c(cnc2c1F)N(C)C(=O)[C@H]1CN(C(=O)O)CCN31. The van der Waals surface area contributed by atoms with Crippen molar-refractivity contribution in [3.05, 3.63) is 46.9 Å². The number of benzene rings is 2. The second-order valence-electron chi connectivity index (χ2n) is 8.42. The number of carbonyl (C=O) groups excluding carboxylic acids is 1. The number of halogens is 2. The standard InChI is InChI=1S/C24H22ClFN4O4/c1-12-5-4-6-17(34-3)18(12)19-14(25)9-13-21(20(19)26)27-10-15-22(13)30-8-7-29(24(32)33)11-16(30)23(31)28(15)2/h4-6,9-10,16H,7-8,11H2,1-3H3,(H,32,33)/t16-/m1/s1. The number of piperazine rings is 1. The molecule has 3 heterocycles. The molecule has 0 unspecified atom stereocenters. The summed E-state index contributed by atoms with van der Waals surface area (Å²) in [6.45, 7) is 2.39. The molecule has 1 atom stereocenters. The number of fused-ring (bicyclic) bond motifs is 5. The molecule has 0 bridgehead atoms. The zero-order chi connectivity index (χ0) is 24.3. The van der Waals surface area contributed by atoms with Crippen molar-refractivity contribution in [2.24, 2.45) is 0 Å². The fraction of sp³-hybridized carbons (Fsp3) is 0.292. The minimum atomic E-state index is -1.08. The van der Waals surface area contributed by atoms with E-state index in [0.29, 0.717) is 28.1 Å². The van der Waals surface area contributed by atoms with Gasteiger partial charge in [0.2, 0.25) is 0 Å². The molecular weight excluding hydrogens is 463 g/mol. The fourth-order valence-electron chi connectivity index (χ4n) is 4.93. The van der Waals surface area contributed by atoms with Crippen LogP contribution in [0.1, 0.15) is 5.56 Å². The van der Waals surface area contributed by atoms with Crippen LogP contribution in [-0.2, 0) is 4.79 Å². The lowest BCUT2D eigenvalue weighted by atomic mass is 9.95. The normalized spacial score (nSPS) is 17.6. The Labute approximate surface area is 200 Å². The number of aromatic nitrogens is 1. The van der Waals surface area contributed by atoms with Crippen LogP contribution in [0.5, 0.6) is 5.75 Å². The minimum Gasteiger partial charge on any atom is -0.496 e. The van der Waals surface area contributed by atoms with Gasteiger partial charge in [0, 0.05) is 36.7 Å². The van der Waals surface area contributed by atoms with Gasteiger partial charge in [0.05, 0.1) is 36.2 Å². The van der Waals surface area contributed by atoms with Gasteiger partial charge in [-0.3, -0.25) is 9.78 Å². The minimum absolute atomic E-state index is 0.0243. The molecule has 0 radical (unpaired) electrons. The van der Waals surface area contributed by atoms with Crippen LogP contribution < -0.4 is 14.5 Å². The first-order valence-electron chi connectivity index (χ1n) is 10.7. The summed E-state index contributed by atoms with van der Waals surface area (Å²) in [6.07, 6.45) is 0.400. The molecule has 2 amide bonds. The Kier molecular flexibility index (Phi) is 5.24. The molecule has 1 fully saturated rings. The zero-order valence-corrected chi connectivity index (χ0v) is 19.6. The molecule has 0 aliphatic carbocycles. The lowest BCUT2D eigenvalue weighted by Gasteiger charge is -2.46. The van der Waals surface area contributed by atoms with Crippen LogP contribution in [0.2, 0.25) is 5.02 Å². The first-order chi connectivity index (χ1) is 16.2. The van der Waals surface area contributed by atoms with Gasteiger partial charge >= 0.3 is 6.09 Å². The van der Waals surface area contributed by atoms with E-state index in [0.717, 1.165) is 5.56 Å². The van der Waals surface area contributed by atoms with Crippen LogP contribution >= 0.6 is 11.6 Å². The van der Waals surface area contributed by atoms with Crippen molar-refractivity contribution in [1.29, 1.82) is 0 Å². The van der Waals surface area contributed by atoms with E-state index in [1.807, 2.05) is 24.0 Å². The Hall–Kier alpha value is -3.59. The van der Waals surface area contributed by atoms with Crippen LogP contribution in [0.4, 0.5) is 20.6 Å². The lowest BCUT2D eigenvalue weighted by molar-refractivity contribution is -0.120. The fourth-order valence-corrected chi connectivity index (χ4v) is 5.21. The average Bonchev–Trinajstić information content (AvgIpc) is 2.82. The summed E-state index contributed by atoms with van der Waals surface area (Å²) < 4.78 is 21.5. The van der Waals surface area contributed by atoms with Gasteiger partial charge in [-0.25, -0.2) is 9.18 Å². The Bertz CT molecular complexity index is 1360. The van der Waals surface area contributed by atoms with E-state index in [9.17, 15) is 14.7 Å². The summed E-state index contributed by atoms with van der Waals surface area (Å²) >= 11 is 6.68. The number of rotatable bonds is 2. The number of carboxylic acid groups (broad SMARTS) is 1. The quantitative estimate of drug-likeness (QED) is 0.588. The number of anilines is 2. The van der Waals surface area contributed by atoms with Crippen molar-refractivity contribution in [1.82, 2.24) is 9.88 Å². The first-order valence-corrected chi connectivity index (χ1v) is 11.1. The predicted molar refractivity (Wildman–Crippen MR) is 128 cm³/mol. The number of hydrogen-bond acceptors (Lipinski definition) is 5. The van der Waals surface area contributed by atoms with E-state index in [1.54, 1.807) is 19.2 Å². The number of likely N-dealkylation sites (N-methyl/N-ethyl adjacent to an activating group) is 1. The number of ether oxygens (including phenoxy) is 1. The first kappa shape index (κ1) is 22.2. The van der Waals surface area contributed by atoms with E-state index < -0.39 is 18.0 Å². The highest BCUT2D eigenvalue weighted by Gasteiger charge is 2.42. The molecule has 0 saturated carbocycles. The van der Waals surface area contributed by atoms with Crippen molar-refractivity contribution in [2.45, 2.75) is 13.0 Å². The summed E-state index contributed by atoms with van der Waals surface area (Å²) in [5, 5.41) is 10.1. The Morgan fingerprint density at radius 2 is 2.06 bits per heavy atom. The molecule has 2 aliphatic rings. The summed E-state index contributed by atoms with van der Waals surface area (Å²) in [6, 6.07) is 6.37. The summed E-state index contributed by atoms with van der Waals surface area (Å²) in [5.74, 6) is -0.334. The van der Waals surface area contributed by atoms with E-state index in [4.69, 9.17) is 16.3 Å².